The lowest BCUT2D eigenvalue weighted by molar-refractivity contribution is 1.40. The fourth-order valence-electron chi connectivity index (χ4n) is 1.92. The molecule has 0 aliphatic rings. The van der Waals surface area contributed by atoms with Crippen molar-refractivity contribution in [2.24, 2.45) is 0 Å². The number of nitrogens with two attached hydrogens (primary N) is 1. The Balaban J connectivity index is 2.18. The van der Waals surface area contributed by atoms with Gasteiger partial charge in [-0.25, -0.2) is 4.98 Å². The number of fused-ring (bicyclic) bond motifs is 1. The van der Waals surface area contributed by atoms with Gasteiger partial charge >= 0.3 is 0 Å². The van der Waals surface area contributed by atoms with Gasteiger partial charge in [-0.3, -0.25) is 0 Å². The molecule has 0 saturated carbocycles. The first-order chi connectivity index (χ1) is 8.33. The summed E-state index contributed by atoms with van der Waals surface area (Å²) in [6, 6.07) is 20.0. The Hall–Kier alpha value is -2.35. The van der Waals surface area contributed by atoms with Crippen LogP contribution in [0.1, 0.15) is 0 Å². The van der Waals surface area contributed by atoms with Gasteiger partial charge in [-0.1, -0.05) is 36.4 Å². The summed E-state index contributed by atoms with van der Waals surface area (Å²) in [5, 5.41) is 1.15. The van der Waals surface area contributed by atoms with Gasteiger partial charge in [0.2, 0.25) is 0 Å². The van der Waals surface area contributed by atoms with Crippen LogP contribution in [0.5, 0.6) is 0 Å². The second-order valence-corrected chi connectivity index (χ2v) is 4.01. The van der Waals surface area contributed by atoms with Crippen molar-refractivity contribution < 1.29 is 0 Å². The SMILES string of the molecule is Nc1cccc(-c2ccc3ccccc3n2)c1. The second-order valence-electron chi connectivity index (χ2n) is 4.01. The molecule has 1 heterocycles. The van der Waals surface area contributed by atoms with Gasteiger partial charge in [0.25, 0.3) is 0 Å². The number of anilines is 1. The first-order valence-corrected chi connectivity index (χ1v) is 5.55. The molecule has 0 aliphatic heterocycles. The van der Waals surface area contributed by atoms with Crippen LogP contribution in [0.2, 0.25) is 0 Å². The summed E-state index contributed by atoms with van der Waals surface area (Å²) in [5.74, 6) is 0. The molecule has 82 valence electrons. The van der Waals surface area contributed by atoms with Gasteiger partial charge in [0.05, 0.1) is 11.2 Å². The third kappa shape index (κ3) is 1.85. The molecule has 2 aromatic carbocycles. The molecule has 0 atom stereocenters. The topological polar surface area (TPSA) is 38.9 Å². The van der Waals surface area contributed by atoms with Crippen molar-refractivity contribution in [3.63, 3.8) is 0 Å². The highest BCUT2D eigenvalue weighted by molar-refractivity contribution is 5.81. The van der Waals surface area contributed by atoms with Crippen LogP contribution in [0.15, 0.2) is 60.7 Å². The third-order valence-electron chi connectivity index (χ3n) is 2.78. The van der Waals surface area contributed by atoms with E-state index < -0.39 is 0 Å². The molecule has 0 bridgehead atoms. The molecule has 0 amide bonds. The van der Waals surface area contributed by atoms with Gasteiger partial charge in [0, 0.05) is 16.6 Å². The van der Waals surface area contributed by atoms with Crippen LogP contribution in [0, 0.1) is 0 Å². The molecule has 0 fully saturated rings. The smallest absolute Gasteiger partial charge is 0.0710 e. The van der Waals surface area contributed by atoms with Gasteiger partial charge < -0.3 is 5.73 Å². The highest BCUT2D eigenvalue weighted by Gasteiger charge is 2.01. The largest absolute Gasteiger partial charge is 0.399 e. The maximum atomic E-state index is 5.78. The van der Waals surface area contributed by atoms with Crippen LogP contribution in [-0.2, 0) is 0 Å². The van der Waals surface area contributed by atoms with Gasteiger partial charge in [-0.2, -0.15) is 0 Å². The van der Waals surface area contributed by atoms with E-state index in [0.717, 1.165) is 27.8 Å². The molecule has 0 aliphatic carbocycles. The lowest BCUT2D eigenvalue weighted by Gasteiger charge is -2.03. The first-order valence-electron chi connectivity index (χ1n) is 5.55. The first kappa shape index (κ1) is 9.85. The second kappa shape index (κ2) is 3.91. The van der Waals surface area contributed by atoms with Crippen molar-refractivity contribution in [3.05, 3.63) is 60.7 Å². The number of nitrogen functional groups attached to an aromatic ring is 1. The predicted octanol–water partition coefficient (Wildman–Crippen LogP) is 3.48. The summed E-state index contributed by atoms with van der Waals surface area (Å²) in [5.41, 5.74) is 9.56. The maximum Gasteiger partial charge on any atom is 0.0710 e. The minimum atomic E-state index is 0.762. The van der Waals surface area contributed by atoms with Crippen molar-refractivity contribution in [3.8, 4) is 11.3 Å². The molecule has 0 saturated heterocycles. The number of hydrogen-bond donors (Lipinski definition) is 1. The molecule has 1 aromatic heterocycles. The molecule has 0 unspecified atom stereocenters. The van der Waals surface area contributed by atoms with Crippen LogP contribution in [0.25, 0.3) is 22.2 Å². The minimum Gasteiger partial charge on any atom is -0.399 e. The Bertz CT molecular complexity index is 674. The molecule has 2 nitrogen and oxygen atoms in total. The number of aromatic nitrogens is 1. The van der Waals surface area contributed by atoms with E-state index in [9.17, 15) is 0 Å². The molecule has 2 N–H and O–H groups in total. The molecule has 0 spiro atoms. The van der Waals surface area contributed by atoms with Crippen molar-refractivity contribution >= 4 is 16.6 Å². The summed E-state index contributed by atoms with van der Waals surface area (Å²) < 4.78 is 0. The summed E-state index contributed by atoms with van der Waals surface area (Å²) in [7, 11) is 0. The zero-order chi connectivity index (χ0) is 11.7. The van der Waals surface area contributed by atoms with E-state index in [-0.39, 0.29) is 0 Å². The Morgan fingerprint density at radius 1 is 0.824 bits per heavy atom. The highest BCUT2D eigenvalue weighted by atomic mass is 14.7. The van der Waals surface area contributed by atoms with Crippen molar-refractivity contribution in [2.45, 2.75) is 0 Å². The molecule has 2 heteroatoms. The van der Waals surface area contributed by atoms with E-state index in [1.807, 2.05) is 48.5 Å². The minimum absolute atomic E-state index is 0.762. The van der Waals surface area contributed by atoms with Crippen molar-refractivity contribution in [2.75, 3.05) is 5.73 Å². The number of hydrogen-bond acceptors (Lipinski definition) is 2. The van der Waals surface area contributed by atoms with Gasteiger partial charge in [0.15, 0.2) is 0 Å². The average Bonchev–Trinajstić information content (AvgIpc) is 2.38. The lowest BCUT2D eigenvalue weighted by Crippen LogP contribution is -1.88. The summed E-state index contributed by atoms with van der Waals surface area (Å²) in [4.78, 5) is 4.63. The molecular formula is C15H12N2. The van der Waals surface area contributed by atoms with Crippen molar-refractivity contribution in [1.82, 2.24) is 4.98 Å². The Morgan fingerprint density at radius 2 is 1.71 bits per heavy atom. The summed E-state index contributed by atoms with van der Waals surface area (Å²) >= 11 is 0. The average molecular weight is 220 g/mol. The normalized spacial score (nSPS) is 10.6. The van der Waals surface area contributed by atoms with Crippen LogP contribution in [0.4, 0.5) is 5.69 Å². The Morgan fingerprint density at radius 3 is 2.59 bits per heavy atom. The molecular weight excluding hydrogens is 208 g/mol. The fraction of sp³-hybridized carbons (Fsp3) is 0. The van der Waals surface area contributed by atoms with Crippen molar-refractivity contribution in [1.29, 1.82) is 0 Å². The highest BCUT2D eigenvalue weighted by Crippen LogP contribution is 2.22. The van der Waals surface area contributed by atoms with E-state index in [4.69, 9.17) is 5.73 Å². The molecule has 3 rings (SSSR count). The monoisotopic (exact) mass is 220 g/mol. The number of benzene rings is 2. The van der Waals surface area contributed by atoms with E-state index in [0.29, 0.717) is 0 Å². The third-order valence-corrected chi connectivity index (χ3v) is 2.78. The fourth-order valence-corrected chi connectivity index (χ4v) is 1.92. The molecule has 0 radical (unpaired) electrons. The van der Waals surface area contributed by atoms with Gasteiger partial charge in [-0.05, 0) is 24.3 Å². The zero-order valence-corrected chi connectivity index (χ0v) is 9.30. The van der Waals surface area contributed by atoms with E-state index in [1.165, 1.54) is 0 Å². The number of rotatable bonds is 1. The quantitative estimate of drug-likeness (QED) is 0.637. The van der Waals surface area contributed by atoms with Gasteiger partial charge in [0.1, 0.15) is 0 Å². The predicted molar refractivity (Wildman–Crippen MR) is 71.6 cm³/mol. The Kier molecular flexibility index (Phi) is 2.26. The summed E-state index contributed by atoms with van der Waals surface area (Å²) in [6.45, 7) is 0. The van der Waals surface area contributed by atoms with Crippen LogP contribution in [0.3, 0.4) is 0 Å². The van der Waals surface area contributed by atoms with E-state index in [2.05, 4.69) is 17.1 Å². The molecule has 17 heavy (non-hydrogen) atoms. The lowest BCUT2D eigenvalue weighted by atomic mass is 10.1. The van der Waals surface area contributed by atoms with Crippen LogP contribution >= 0.6 is 0 Å². The maximum absolute atomic E-state index is 5.78. The van der Waals surface area contributed by atoms with E-state index in [1.54, 1.807) is 0 Å². The van der Waals surface area contributed by atoms with E-state index >= 15 is 0 Å². The standard InChI is InChI=1S/C15H12N2/c16-13-6-3-5-12(10-13)15-9-8-11-4-1-2-7-14(11)17-15/h1-10H,16H2. The van der Waals surface area contributed by atoms with Crippen LogP contribution in [-0.4, -0.2) is 4.98 Å². The zero-order valence-electron chi connectivity index (χ0n) is 9.30. The molecule has 3 aromatic rings. The van der Waals surface area contributed by atoms with Gasteiger partial charge in [-0.15, -0.1) is 0 Å². The Labute approximate surface area is 99.7 Å². The van der Waals surface area contributed by atoms with Crippen LogP contribution < -0.4 is 5.73 Å². The summed E-state index contributed by atoms with van der Waals surface area (Å²) in [6.07, 6.45) is 0. The number of nitrogens with zero attached hydrogens (tertiary/aromatic N) is 1. The number of para-hydroxylation sites is 1. The number of pyridine rings is 1.